The third-order valence-corrected chi connectivity index (χ3v) is 13.8. The summed E-state index contributed by atoms with van der Waals surface area (Å²) in [7, 11) is 0. The van der Waals surface area contributed by atoms with Crippen molar-refractivity contribution in [1.29, 1.82) is 0 Å². The summed E-state index contributed by atoms with van der Waals surface area (Å²) in [5, 5.41) is 40.6. The van der Waals surface area contributed by atoms with Gasteiger partial charge in [0.1, 0.15) is 12.1 Å². The van der Waals surface area contributed by atoms with Crippen LogP contribution in [0.4, 0.5) is 0 Å². The van der Waals surface area contributed by atoms with Crippen LogP contribution in [0.3, 0.4) is 0 Å². The first-order chi connectivity index (χ1) is 29.7. The SMILES string of the molecule is CC[C@H](NC(=O)[C@@H]1[C@@H](O)CCN1N1CC[C@H](O)[C@H]1C(=O)N[C@@H](C)c1ccc(-c2noc(CCC3CCCCC3)n2)cc1)c1ccc(-c2noc(CCC3CCCCC3)n2)cc1. The van der Waals surface area contributed by atoms with Gasteiger partial charge in [0.15, 0.2) is 0 Å². The first kappa shape index (κ1) is 43.2. The average Bonchev–Trinajstić information content (AvgIpc) is 4.12. The van der Waals surface area contributed by atoms with E-state index < -0.39 is 24.3 Å². The molecule has 2 aromatic heterocycles. The number of hydrogen-bond acceptors (Lipinski definition) is 12. The Morgan fingerprint density at radius 1 is 0.656 bits per heavy atom. The van der Waals surface area contributed by atoms with E-state index in [0.717, 1.165) is 59.8 Å². The molecular weight excluding hydrogens is 773 g/mol. The van der Waals surface area contributed by atoms with Crippen molar-refractivity contribution in [1.82, 2.24) is 40.9 Å². The summed E-state index contributed by atoms with van der Waals surface area (Å²) < 4.78 is 11.2. The molecule has 61 heavy (non-hydrogen) atoms. The van der Waals surface area contributed by atoms with Gasteiger partial charge in [-0.2, -0.15) is 9.97 Å². The minimum atomic E-state index is -0.935. The summed E-state index contributed by atoms with van der Waals surface area (Å²) in [6.45, 7) is 4.67. The second-order valence-electron chi connectivity index (χ2n) is 18.0. The van der Waals surface area contributed by atoms with Crippen LogP contribution in [0.5, 0.6) is 0 Å². The molecule has 2 saturated heterocycles. The molecule has 4 N–H and O–H groups in total. The number of hydrogen-bond donors (Lipinski definition) is 4. The zero-order valence-corrected chi connectivity index (χ0v) is 35.9. The van der Waals surface area contributed by atoms with Crippen LogP contribution < -0.4 is 10.6 Å². The number of aromatic nitrogens is 4. The van der Waals surface area contributed by atoms with Crippen molar-refractivity contribution < 1.29 is 28.8 Å². The maximum absolute atomic E-state index is 14.0. The lowest BCUT2D eigenvalue weighted by Gasteiger charge is -2.37. The molecule has 4 heterocycles. The number of nitrogens with zero attached hydrogens (tertiary/aromatic N) is 6. The molecular formula is C47H64N8O6. The lowest BCUT2D eigenvalue weighted by Crippen LogP contribution is -2.60. The van der Waals surface area contributed by atoms with Gasteiger partial charge in [0.2, 0.25) is 35.2 Å². The summed E-state index contributed by atoms with van der Waals surface area (Å²) in [5.74, 6) is 3.26. The number of carbonyl (C=O) groups is 2. The normalized spacial score (nSPS) is 24.2. The van der Waals surface area contributed by atoms with Crippen LogP contribution in [0.25, 0.3) is 22.8 Å². The molecule has 2 aliphatic carbocycles. The molecule has 2 amide bonds. The molecule has 2 aliphatic heterocycles. The Kier molecular flexibility index (Phi) is 14.2. The highest BCUT2D eigenvalue weighted by atomic mass is 16.5. The fourth-order valence-corrected chi connectivity index (χ4v) is 10.1. The van der Waals surface area contributed by atoms with E-state index in [1.807, 2.05) is 62.4 Å². The molecule has 14 heteroatoms. The molecule has 8 rings (SSSR count). The van der Waals surface area contributed by atoms with Crippen molar-refractivity contribution in [3.8, 4) is 22.8 Å². The standard InChI is InChI=1S/C47H64N8O6/c1-3-37(34-18-22-36(23-19-34)45-51-41(61-53-45)25-15-32-12-8-5-9-13-32)49-47(59)43-39(57)27-29-55(43)54-28-26-38(56)42(54)46(58)48-30(2)33-16-20-35(21-17-33)44-50-40(60-52-44)24-14-31-10-6-4-7-11-31/h16-23,30-32,37-39,42-43,56-57H,3-15,24-29H2,1-2H3,(H,48,58)(H,49,59)/t30-,37-,38-,39-,42-,43-/m0/s1. The average molecular weight is 837 g/mol. The van der Waals surface area contributed by atoms with E-state index in [9.17, 15) is 19.8 Å². The Bertz CT molecular complexity index is 2020. The summed E-state index contributed by atoms with van der Waals surface area (Å²) in [4.78, 5) is 37.3. The predicted molar refractivity (Wildman–Crippen MR) is 229 cm³/mol. The molecule has 2 saturated carbocycles. The summed E-state index contributed by atoms with van der Waals surface area (Å²) in [6.07, 6.45) is 16.3. The zero-order chi connectivity index (χ0) is 42.3. The number of aliphatic hydroxyl groups is 2. The van der Waals surface area contributed by atoms with Gasteiger partial charge in [-0.15, -0.1) is 0 Å². The molecule has 6 atom stereocenters. The van der Waals surface area contributed by atoms with E-state index in [1.54, 1.807) is 10.0 Å². The minimum absolute atomic E-state index is 0.309. The Labute approximate surface area is 359 Å². The molecule has 4 fully saturated rings. The van der Waals surface area contributed by atoms with E-state index in [1.165, 1.54) is 64.2 Å². The van der Waals surface area contributed by atoms with Gasteiger partial charge in [-0.25, -0.2) is 10.0 Å². The highest BCUT2D eigenvalue weighted by Gasteiger charge is 2.49. The number of aryl methyl sites for hydroxylation is 2. The molecule has 2 aromatic carbocycles. The van der Waals surface area contributed by atoms with Gasteiger partial charge >= 0.3 is 0 Å². The van der Waals surface area contributed by atoms with E-state index in [2.05, 4.69) is 30.9 Å². The second-order valence-corrected chi connectivity index (χ2v) is 18.0. The molecule has 0 unspecified atom stereocenters. The number of rotatable bonds is 16. The van der Waals surface area contributed by atoms with Gasteiger partial charge in [-0.1, -0.05) is 130 Å². The van der Waals surface area contributed by atoms with Crippen LogP contribution in [0, 0.1) is 11.8 Å². The van der Waals surface area contributed by atoms with Gasteiger partial charge in [0, 0.05) is 37.1 Å². The first-order valence-electron chi connectivity index (χ1n) is 23.1. The van der Waals surface area contributed by atoms with E-state index >= 15 is 0 Å². The molecule has 4 aromatic rings. The van der Waals surface area contributed by atoms with Crippen LogP contribution in [-0.4, -0.2) is 89.7 Å². The van der Waals surface area contributed by atoms with Crippen molar-refractivity contribution in [2.75, 3.05) is 13.1 Å². The number of amides is 2. The summed E-state index contributed by atoms with van der Waals surface area (Å²) in [6, 6.07) is 13.1. The highest BCUT2D eigenvalue weighted by molar-refractivity contribution is 5.85. The number of aliphatic hydroxyl groups excluding tert-OH is 2. The second kappa shape index (κ2) is 20.1. The van der Waals surface area contributed by atoms with Crippen molar-refractivity contribution in [2.24, 2.45) is 11.8 Å². The first-order valence-corrected chi connectivity index (χ1v) is 23.1. The van der Waals surface area contributed by atoms with E-state index in [0.29, 0.717) is 55.8 Å². The number of nitrogens with one attached hydrogen (secondary N) is 2. The molecule has 0 radical (unpaired) electrons. The number of benzene rings is 2. The zero-order valence-electron chi connectivity index (χ0n) is 35.9. The van der Waals surface area contributed by atoms with Crippen LogP contribution in [0.2, 0.25) is 0 Å². The van der Waals surface area contributed by atoms with Crippen molar-refractivity contribution >= 4 is 11.8 Å². The van der Waals surface area contributed by atoms with Gasteiger partial charge in [-0.05, 0) is 62.0 Å². The minimum Gasteiger partial charge on any atom is -0.391 e. The fraction of sp³-hybridized carbons (Fsp3) is 0.617. The molecule has 4 aliphatic rings. The highest BCUT2D eigenvalue weighted by Crippen LogP contribution is 2.32. The maximum atomic E-state index is 14.0. The fourth-order valence-electron chi connectivity index (χ4n) is 10.1. The van der Waals surface area contributed by atoms with Gasteiger partial charge in [0.25, 0.3) is 0 Å². The Morgan fingerprint density at radius 2 is 1.10 bits per heavy atom. The number of carbonyl (C=O) groups excluding carboxylic acids is 2. The van der Waals surface area contributed by atoms with Gasteiger partial charge < -0.3 is 29.9 Å². The van der Waals surface area contributed by atoms with Crippen molar-refractivity contribution in [2.45, 2.75) is 159 Å². The van der Waals surface area contributed by atoms with E-state index in [-0.39, 0.29) is 23.9 Å². The van der Waals surface area contributed by atoms with Crippen LogP contribution in [0.1, 0.15) is 145 Å². The van der Waals surface area contributed by atoms with E-state index in [4.69, 9.17) is 9.05 Å². The quantitative estimate of drug-likeness (QED) is 0.0905. The Balaban J connectivity index is 0.856. The molecule has 328 valence electrons. The number of hydrazine groups is 1. The van der Waals surface area contributed by atoms with Gasteiger partial charge in [-0.3, -0.25) is 9.59 Å². The topological polar surface area (TPSA) is 183 Å². The lowest BCUT2D eigenvalue weighted by molar-refractivity contribution is -0.150. The maximum Gasteiger partial charge on any atom is 0.241 e. The van der Waals surface area contributed by atoms with Crippen LogP contribution in [-0.2, 0) is 22.4 Å². The molecule has 0 spiro atoms. The lowest BCUT2D eigenvalue weighted by atomic mass is 9.86. The largest absolute Gasteiger partial charge is 0.391 e. The van der Waals surface area contributed by atoms with Crippen molar-refractivity contribution in [3.05, 3.63) is 71.4 Å². The third-order valence-electron chi connectivity index (χ3n) is 13.8. The molecule has 14 nitrogen and oxygen atoms in total. The summed E-state index contributed by atoms with van der Waals surface area (Å²) >= 11 is 0. The summed E-state index contributed by atoms with van der Waals surface area (Å²) in [5.41, 5.74) is 3.48. The monoisotopic (exact) mass is 836 g/mol. The third kappa shape index (κ3) is 10.4. The predicted octanol–water partition coefficient (Wildman–Crippen LogP) is 7.04. The smallest absolute Gasteiger partial charge is 0.241 e. The van der Waals surface area contributed by atoms with Gasteiger partial charge in [0.05, 0.1) is 24.3 Å². The Hall–Kier alpha value is -4.50. The van der Waals surface area contributed by atoms with Crippen LogP contribution >= 0.6 is 0 Å². The molecule has 0 bridgehead atoms. The Morgan fingerprint density at radius 3 is 1.56 bits per heavy atom. The van der Waals surface area contributed by atoms with Crippen LogP contribution in [0.15, 0.2) is 57.6 Å². The van der Waals surface area contributed by atoms with Crippen molar-refractivity contribution in [3.63, 3.8) is 0 Å².